The van der Waals surface area contributed by atoms with Crippen LogP contribution in [-0.2, 0) is 16.1 Å². The van der Waals surface area contributed by atoms with Crippen LogP contribution in [0.25, 0.3) is 0 Å². The first-order valence-corrected chi connectivity index (χ1v) is 8.93. The molecule has 1 aliphatic carbocycles. The van der Waals surface area contributed by atoms with Gasteiger partial charge in [0.2, 0.25) is 5.91 Å². The SMILES string of the molecule is NC1CCCC2CN(CC(=O)Nc3cccc4c3N=S=N4)CC12. The van der Waals surface area contributed by atoms with Crippen LogP contribution in [0.3, 0.4) is 0 Å². The molecule has 2 heterocycles. The van der Waals surface area contributed by atoms with Crippen LogP contribution in [0.4, 0.5) is 17.1 Å². The van der Waals surface area contributed by atoms with Crippen molar-refractivity contribution in [2.24, 2.45) is 26.3 Å². The lowest BCUT2D eigenvalue weighted by atomic mass is 9.78. The van der Waals surface area contributed by atoms with E-state index in [1.807, 2.05) is 18.2 Å². The quantitative estimate of drug-likeness (QED) is 0.906. The summed E-state index contributed by atoms with van der Waals surface area (Å²) in [7, 11) is 0. The highest BCUT2D eigenvalue weighted by molar-refractivity contribution is 7.58. The number of hydrogen-bond acceptors (Lipinski definition) is 5. The highest BCUT2D eigenvalue weighted by Crippen LogP contribution is 2.38. The van der Waals surface area contributed by atoms with Crippen LogP contribution in [0.15, 0.2) is 26.9 Å². The van der Waals surface area contributed by atoms with E-state index in [1.165, 1.54) is 24.2 Å². The highest BCUT2D eigenvalue weighted by atomic mass is 32.1. The smallest absolute Gasteiger partial charge is 0.238 e. The van der Waals surface area contributed by atoms with Crippen LogP contribution in [0.2, 0.25) is 0 Å². The second kappa shape index (κ2) is 6.14. The molecule has 1 saturated heterocycles. The van der Waals surface area contributed by atoms with Gasteiger partial charge in [-0.3, -0.25) is 9.69 Å². The summed E-state index contributed by atoms with van der Waals surface area (Å²) in [5, 5.41) is 2.98. The summed E-state index contributed by atoms with van der Waals surface area (Å²) in [5.41, 5.74) is 8.58. The third kappa shape index (κ3) is 2.96. The van der Waals surface area contributed by atoms with Crippen LogP contribution >= 0.6 is 0 Å². The molecule has 0 spiro atoms. The van der Waals surface area contributed by atoms with Gasteiger partial charge in [-0.2, -0.15) is 8.73 Å². The van der Waals surface area contributed by atoms with E-state index in [4.69, 9.17) is 5.73 Å². The molecular weight excluding hydrogens is 310 g/mol. The third-order valence-electron chi connectivity index (χ3n) is 5.16. The monoisotopic (exact) mass is 331 g/mol. The summed E-state index contributed by atoms with van der Waals surface area (Å²) in [4.78, 5) is 14.6. The van der Waals surface area contributed by atoms with E-state index >= 15 is 0 Å². The van der Waals surface area contributed by atoms with Gasteiger partial charge in [0.25, 0.3) is 0 Å². The zero-order valence-corrected chi connectivity index (χ0v) is 13.8. The molecule has 4 rings (SSSR count). The summed E-state index contributed by atoms with van der Waals surface area (Å²) in [6.45, 7) is 2.36. The number of nitrogens with two attached hydrogens (primary N) is 1. The minimum atomic E-state index is 0.0118. The number of amides is 1. The van der Waals surface area contributed by atoms with Gasteiger partial charge in [-0.25, -0.2) is 0 Å². The fourth-order valence-electron chi connectivity index (χ4n) is 4.04. The number of nitrogens with zero attached hydrogens (tertiary/aromatic N) is 3. The van der Waals surface area contributed by atoms with E-state index in [-0.39, 0.29) is 5.91 Å². The second-order valence-electron chi connectivity index (χ2n) is 6.70. The zero-order valence-electron chi connectivity index (χ0n) is 12.9. The van der Waals surface area contributed by atoms with Crippen LogP contribution < -0.4 is 11.1 Å². The maximum atomic E-state index is 12.4. The normalized spacial score (nSPS) is 29.0. The van der Waals surface area contributed by atoms with Gasteiger partial charge in [0.1, 0.15) is 11.4 Å². The molecule has 0 aromatic heterocycles. The molecule has 1 amide bonds. The number of benzene rings is 1. The van der Waals surface area contributed by atoms with Crippen molar-refractivity contribution in [3.8, 4) is 0 Å². The van der Waals surface area contributed by atoms with E-state index in [0.717, 1.165) is 36.6 Å². The van der Waals surface area contributed by atoms with Crippen LogP contribution in [0.1, 0.15) is 19.3 Å². The maximum absolute atomic E-state index is 12.4. The number of nitrogens with one attached hydrogen (secondary N) is 1. The third-order valence-corrected chi connectivity index (χ3v) is 5.70. The Balaban J connectivity index is 1.38. The molecule has 7 heteroatoms. The molecule has 3 N–H and O–H groups in total. The van der Waals surface area contributed by atoms with Gasteiger partial charge >= 0.3 is 0 Å². The number of likely N-dealkylation sites (tertiary alicyclic amines) is 1. The van der Waals surface area contributed by atoms with Crippen molar-refractivity contribution >= 4 is 34.3 Å². The zero-order chi connectivity index (χ0) is 15.8. The molecular formula is C16H21N5OS. The molecule has 122 valence electrons. The molecule has 1 saturated carbocycles. The van der Waals surface area contributed by atoms with Gasteiger partial charge in [0.05, 0.1) is 23.6 Å². The molecule has 1 aromatic rings. The molecule has 2 fully saturated rings. The second-order valence-corrected chi connectivity index (χ2v) is 7.23. The van der Waals surface area contributed by atoms with E-state index in [0.29, 0.717) is 24.4 Å². The van der Waals surface area contributed by atoms with Gasteiger partial charge in [0, 0.05) is 19.1 Å². The Labute approximate surface area is 139 Å². The van der Waals surface area contributed by atoms with Crippen molar-refractivity contribution in [2.75, 3.05) is 25.0 Å². The summed E-state index contributed by atoms with van der Waals surface area (Å²) in [5.74, 6) is 1.23. The molecule has 3 aliphatic rings. The molecule has 3 atom stereocenters. The molecule has 2 aliphatic heterocycles. The first-order chi connectivity index (χ1) is 11.2. The van der Waals surface area contributed by atoms with Gasteiger partial charge in [-0.1, -0.05) is 12.5 Å². The summed E-state index contributed by atoms with van der Waals surface area (Å²) in [6.07, 6.45) is 3.60. The molecule has 0 bridgehead atoms. The van der Waals surface area contributed by atoms with Crippen LogP contribution in [0.5, 0.6) is 0 Å². The first kappa shape index (κ1) is 15.0. The standard InChI is InChI=1S/C16H21N5OS/c17-12-4-1-3-10-7-21(8-11(10)12)9-15(22)18-13-5-2-6-14-16(13)20-23-19-14/h2,5-6,10-12H,1,3-4,7-9,17H2,(H,18,22). The van der Waals surface area contributed by atoms with Crippen molar-refractivity contribution in [2.45, 2.75) is 25.3 Å². The van der Waals surface area contributed by atoms with Crippen molar-refractivity contribution < 1.29 is 4.79 Å². The topological polar surface area (TPSA) is 83.1 Å². The molecule has 3 unspecified atom stereocenters. The van der Waals surface area contributed by atoms with Gasteiger partial charge in [-0.15, -0.1) is 0 Å². The fourth-order valence-corrected chi connectivity index (χ4v) is 4.59. The number of carbonyl (C=O) groups is 1. The molecule has 1 aromatic carbocycles. The molecule has 23 heavy (non-hydrogen) atoms. The average Bonchev–Trinajstić information content (AvgIpc) is 3.14. The Kier molecular flexibility index (Phi) is 4.00. The Hall–Kier alpha value is -1.57. The van der Waals surface area contributed by atoms with Gasteiger partial charge in [0.15, 0.2) is 0 Å². The van der Waals surface area contributed by atoms with E-state index in [2.05, 4.69) is 18.9 Å². The largest absolute Gasteiger partial charge is 0.327 e. The maximum Gasteiger partial charge on any atom is 0.238 e. The lowest BCUT2D eigenvalue weighted by Gasteiger charge is -2.29. The van der Waals surface area contributed by atoms with Crippen molar-refractivity contribution in [3.05, 3.63) is 18.2 Å². The summed E-state index contributed by atoms with van der Waals surface area (Å²) in [6, 6.07) is 5.97. The number of carbonyl (C=O) groups excluding carboxylic acids is 1. The Morgan fingerprint density at radius 2 is 2.26 bits per heavy atom. The lowest BCUT2D eigenvalue weighted by molar-refractivity contribution is -0.117. The van der Waals surface area contributed by atoms with E-state index in [9.17, 15) is 4.79 Å². The highest BCUT2D eigenvalue weighted by Gasteiger charge is 2.39. The Bertz CT molecular complexity index is 700. The predicted molar refractivity (Wildman–Crippen MR) is 91.9 cm³/mol. The predicted octanol–water partition coefficient (Wildman–Crippen LogP) is 2.41. The number of hydrogen-bond donors (Lipinski definition) is 2. The number of anilines is 1. The fraction of sp³-hybridized carbons (Fsp3) is 0.562. The molecule has 6 nitrogen and oxygen atoms in total. The van der Waals surface area contributed by atoms with Gasteiger partial charge in [-0.05, 0) is 36.8 Å². The Morgan fingerprint density at radius 1 is 1.35 bits per heavy atom. The van der Waals surface area contributed by atoms with Crippen molar-refractivity contribution in [1.82, 2.24) is 4.90 Å². The number of rotatable bonds is 3. The molecule has 0 radical (unpaired) electrons. The Morgan fingerprint density at radius 3 is 3.13 bits per heavy atom. The van der Waals surface area contributed by atoms with Crippen molar-refractivity contribution in [1.29, 1.82) is 0 Å². The van der Waals surface area contributed by atoms with Crippen LogP contribution in [-0.4, -0.2) is 36.5 Å². The lowest BCUT2D eigenvalue weighted by Crippen LogP contribution is -2.38. The number of fused-ring (bicyclic) bond motifs is 2. The van der Waals surface area contributed by atoms with Gasteiger partial charge < -0.3 is 11.1 Å². The summed E-state index contributed by atoms with van der Waals surface area (Å²) < 4.78 is 8.46. The minimum absolute atomic E-state index is 0.0118. The minimum Gasteiger partial charge on any atom is -0.327 e. The van der Waals surface area contributed by atoms with E-state index in [1.54, 1.807) is 0 Å². The van der Waals surface area contributed by atoms with Crippen molar-refractivity contribution in [3.63, 3.8) is 0 Å². The van der Waals surface area contributed by atoms with E-state index < -0.39 is 0 Å². The van der Waals surface area contributed by atoms with Crippen LogP contribution in [0, 0.1) is 11.8 Å². The summed E-state index contributed by atoms with van der Waals surface area (Å²) >= 11 is 1.17. The average molecular weight is 331 g/mol. The first-order valence-electron chi connectivity index (χ1n) is 8.20.